The van der Waals surface area contributed by atoms with E-state index in [2.05, 4.69) is 45.0 Å². The van der Waals surface area contributed by atoms with Crippen LogP contribution in [0.15, 0.2) is 76.5 Å². The minimum Gasteiger partial charge on any atom is -0.494 e. The number of benzene rings is 3. The number of hydrogen-bond acceptors (Lipinski definition) is 6. The number of rotatable bonds is 6. The van der Waals surface area contributed by atoms with Gasteiger partial charge in [-0.3, -0.25) is 14.8 Å². The zero-order valence-electron chi connectivity index (χ0n) is 21.3. The van der Waals surface area contributed by atoms with E-state index in [-0.39, 0.29) is 11.4 Å². The van der Waals surface area contributed by atoms with Crippen LogP contribution in [0.25, 0.3) is 22.9 Å². The fourth-order valence-electron chi connectivity index (χ4n) is 4.57. The van der Waals surface area contributed by atoms with Crippen LogP contribution in [0.5, 0.6) is 5.88 Å². The van der Waals surface area contributed by atoms with E-state index in [0.29, 0.717) is 22.8 Å². The summed E-state index contributed by atoms with van der Waals surface area (Å²) in [6, 6.07) is 23.5. The second kappa shape index (κ2) is 11.2. The zero-order valence-corrected chi connectivity index (χ0v) is 21.3. The van der Waals surface area contributed by atoms with Crippen molar-refractivity contribution in [3.05, 3.63) is 99.3 Å². The Morgan fingerprint density at radius 1 is 0.947 bits per heavy atom. The van der Waals surface area contributed by atoms with Crippen LogP contribution >= 0.6 is 0 Å². The van der Waals surface area contributed by atoms with E-state index in [1.807, 2.05) is 60.7 Å². The summed E-state index contributed by atoms with van der Waals surface area (Å²) in [6.45, 7) is 4.09. The Bertz CT molecular complexity index is 1590. The molecule has 5 rings (SSSR count). The molecule has 1 fully saturated rings. The maximum Gasteiger partial charge on any atom is 0.258 e. The van der Waals surface area contributed by atoms with Crippen LogP contribution in [0, 0.1) is 11.3 Å². The number of pyridine rings is 1. The molecule has 190 valence electrons. The third kappa shape index (κ3) is 5.66. The van der Waals surface area contributed by atoms with Crippen LogP contribution in [-0.4, -0.2) is 54.4 Å². The molecule has 2 heterocycles. The number of likely N-dealkylation sites (N-methyl/N-ethyl adjacent to an activating group) is 1. The molecule has 0 bridgehead atoms. The fraction of sp³-hybridized carbons (Fsp3) is 0.194. The Morgan fingerprint density at radius 3 is 2.34 bits per heavy atom. The number of aromatic hydroxyl groups is 1. The predicted octanol–water partition coefficient (Wildman–Crippen LogP) is 4.97. The summed E-state index contributed by atoms with van der Waals surface area (Å²) >= 11 is 0. The monoisotopic (exact) mass is 503 g/mol. The topological polar surface area (TPSA) is 95.7 Å². The third-order valence-electron chi connectivity index (χ3n) is 6.86. The number of aromatic nitrogens is 1. The minimum atomic E-state index is -0.352. The first kappa shape index (κ1) is 25.0. The molecule has 4 aromatic rings. The van der Waals surface area contributed by atoms with Crippen molar-refractivity contribution in [2.24, 2.45) is 4.99 Å². The van der Waals surface area contributed by atoms with Gasteiger partial charge in [0, 0.05) is 48.9 Å². The standard InChI is InChI=1S/C31H29N5O2/c1-35-16-18-36(19-17-35)26-11-9-25(10-12-26)33-21-29-28-20-24(8-13-27(28)30(37)34-31(29)38)7-6-22-2-4-23(5-3-22)14-15-32/h2-13,20-21H,14,16-19H2,1H3,(H2,34,37,38). The summed E-state index contributed by atoms with van der Waals surface area (Å²) in [5.41, 5.74) is 4.90. The highest BCUT2D eigenvalue weighted by Crippen LogP contribution is 2.25. The van der Waals surface area contributed by atoms with Crippen LogP contribution in [-0.2, 0) is 6.42 Å². The molecule has 38 heavy (non-hydrogen) atoms. The van der Waals surface area contributed by atoms with E-state index in [1.54, 1.807) is 12.3 Å². The Morgan fingerprint density at radius 2 is 1.63 bits per heavy atom. The molecular formula is C31H29N5O2. The normalized spacial score (nSPS) is 14.5. The molecule has 0 spiro atoms. The van der Waals surface area contributed by atoms with Crippen molar-refractivity contribution in [1.29, 1.82) is 5.26 Å². The first-order chi connectivity index (χ1) is 18.5. The van der Waals surface area contributed by atoms with Gasteiger partial charge >= 0.3 is 0 Å². The predicted molar refractivity (Wildman–Crippen MR) is 154 cm³/mol. The lowest BCUT2D eigenvalue weighted by molar-refractivity contribution is 0.313. The Balaban J connectivity index is 1.40. The summed E-state index contributed by atoms with van der Waals surface area (Å²) in [5, 5.41) is 20.5. The van der Waals surface area contributed by atoms with E-state index >= 15 is 0 Å². The average Bonchev–Trinajstić information content (AvgIpc) is 2.93. The van der Waals surface area contributed by atoms with Crippen molar-refractivity contribution < 1.29 is 5.11 Å². The first-order valence-corrected chi connectivity index (χ1v) is 12.6. The number of nitriles is 1. The van der Waals surface area contributed by atoms with Crippen molar-refractivity contribution in [3.8, 4) is 11.9 Å². The number of nitrogens with one attached hydrogen (secondary N) is 1. The molecule has 1 saturated heterocycles. The van der Waals surface area contributed by atoms with Gasteiger partial charge in [-0.25, -0.2) is 0 Å². The van der Waals surface area contributed by atoms with E-state index in [1.165, 1.54) is 5.69 Å². The summed E-state index contributed by atoms with van der Waals surface area (Å²) in [4.78, 5) is 24.3. The Hall–Kier alpha value is -4.67. The van der Waals surface area contributed by atoms with Crippen LogP contribution in [0.3, 0.4) is 0 Å². The van der Waals surface area contributed by atoms with Gasteiger partial charge in [0.1, 0.15) is 0 Å². The summed E-state index contributed by atoms with van der Waals surface area (Å²) in [5.74, 6) is -0.213. The second-order valence-electron chi connectivity index (χ2n) is 9.50. The van der Waals surface area contributed by atoms with Gasteiger partial charge < -0.3 is 14.9 Å². The summed E-state index contributed by atoms with van der Waals surface area (Å²) in [7, 11) is 2.14. The van der Waals surface area contributed by atoms with Crippen molar-refractivity contribution in [3.63, 3.8) is 0 Å². The number of piperazine rings is 1. The lowest BCUT2D eigenvalue weighted by Crippen LogP contribution is -2.44. The maximum absolute atomic E-state index is 12.5. The highest BCUT2D eigenvalue weighted by Gasteiger charge is 2.14. The van der Waals surface area contributed by atoms with E-state index in [0.717, 1.165) is 48.6 Å². The molecule has 7 nitrogen and oxygen atoms in total. The lowest BCUT2D eigenvalue weighted by atomic mass is 10.0. The molecule has 0 unspecified atom stereocenters. The molecule has 0 aliphatic carbocycles. The van der Waals surface area contributed by atoms with Gasteiger partial charge in [-0.1, -0.05) is 42.5 Å². The van der Waals surface area contributed by atoms with E-state index < -0.39 is 0 Å². The van der Waals surface area contributed by atoms with E-state index in [9.17, 15) is 9.90 Å². The second-order valence-corrected chi connectivity index (χ2v) is 9.50. The first-order valence-electron chi connectivity index (χ1n) is 12.6. The summed E-state index contributed by atoms with van der Waals surface area (Å²) < 4.78 is 0. The van der Waals surface area contributed by atoms with Gasteiger partial charge in [-0.15, -0.1) is 0 Å². The van der Waals surface area contributed by atoms with Gasteiger partial charge in [0.2, 0.25) is 5.88 Å². The molecule has 1 aliphatic rings. The Kier molecular flexibility index (Phi) is 7.34. The van der Waals surface area contributed by atoms with Gasteiger partial charge in [-0.2, -0.15) is 5.26 Å². The zero-order chi connectivity index (χ0) is 26.5. The third-order valence-corrected chi connectivity index (χ3v) is 6.86. The van der Waals surface area contributed by atoms with Gasteiger partial charge in [0.05, 0.1) is 23.7 Å². The molecule has 3 aromatic carbocycles. The quantitative estimate of drug-likeness (QED) is 0.286. The van der Waals surface area contributed by atoms with Crippen molar-refractivity contribution in [2.45, 2.75) is 6.42 Å². The molecule has 0 amide bonds. The molecule has 0 radical (unpaired) electrons. The van der Waals surface area contributed by atoms with Crippen molar-refractivity contribution in [2.75, 3.05) is 38.1 Å². The molecule has 1 aliphatic heterocycles. The summed E-state index contributed by atoms with van der Waals surface area (Å²) in [6.07, 6.45) is 5.91. The lowest BCUT2D eigenvalue weighted by Gasteiger charge is -2.34. The highest BCUT2D eigenvalue weighted by atomic mass is 16.3. The van der Waals surface area contributed by atoms with Crippen LogP contribution in [0.4, 0.5) is 11.4 Å². The van der Waals surface area contributed by atoms with Crippen LogP contribution in [0.1, 0.15) is 22.3 Å². The number of nitrogens with zero attached hydrogens (tertiary/aromatic N) is 4. The van der Waals surface area contributed by atoms with Crippen molar-refractivity contribution in [1.82, 2.24) is 9.88 Å². The fourth-order valence-corrected chi connectivity index (χ4v) is 4.57. The number of aliphatic imine (C=N–C) groups is 1. The van der Waals surface area contributed by atoms with Gasteiger partial charge in [-0.05, 0) is 60.1 Å². The number of aromatic amines is 1. The van der Waals surface area contributed by atoms with Crippen LogP contribution in [0.2, 0.25) is 0 Å². The van der Waals surface area contributed by atoms with E-state index in [4.69, 9.17) is 5.26 Å². The molecular weight excluding hydrogens is 474 g/mol. The molecule has 0 atom stereocenters. The minimum absolute atomic E-state index is 0.213. The van der Waals surface area contributed by atoms with Crippen molar-refractivity contribution >= 4 is 40.5 Å². The molecule has 1 aromatic heterocycles. The van der Waals surface area contributed by atoms with Crippen LogP contribution < -0.4 is 10.5 Å². The molecule has 0 saturated carbocycles. The molecule has 7 heteroatoms. The highest BCUT2D eigenvalue weighted by molar-refractivity contribution is 6.02. The van der Waals surface area contributed by atoms with Gasteiger partial charge in [0.15, 0.2) is 0 Å². The average molecular weight is 504 g/mol. The SMILES string of the molecule is CN1CCN(c2ccc(N=Cc3c(O)[nH]c(=O)c4ccc(C=Cc5ccc(CC#N)cc5)cc34)cc2)CC1. The number of H-pyrrole nitrogens is 1. The maximum atomic E-state index is 12.5. The Labute approximate surface area is 221 Å². The number of anilines is 1. The molecule has 2 N–H and O–H groups in total. The van der Waals surface area contributed by atoms with Gasteiger partial charge in [0.25, 0.3) is 5.56 Å². The smallest absolute Gasteiger partial charge is 0.258 e. The number of fused-ring (bicyclic) bond motifs is 1. The number of hydrogen-bond donors (Lipinski definition) is 2. The largest absolute Gasteiger partial charge is 0.494 e.